The Hall–Kier alpha value is -2.77. The number of nitro groups is 1. The van der Waals surface area contributed by atoms with Gasteiger partial charge in [-0.1, -0.05) is 6.07 Å². The molecule has 0 radical (unpaired) electrons. The van der Waals surface area contributed by atoms with E-state index in [1.165, 1.54) is 6.07 Å². The minimum atomic E-state index is -0.629. The van der Waals surface area contributed by atoms with Crippen molar-refractivity contribution in [3.63, 3.8) is 0 Å². The van der Waals surface area contributed by atoms with Gasteiger partial charge in [0.15, 0.2) is 0 Å². The third-order valence-electron chi connectivity index (χ3n) is 2.56. The summed E-state index contributed by atoms with van der Waals surface area (Å²) in [6.07, 6.45) is 1.06. The van der Waals surface area contributed by atoms with Crippen LogP contribution in [0.4, 0.5) is 27.5 Å². The number of benzene rings is 1. The van der Waals surface area contributed by atoms with E-state index in [0.29, 0.717) is 0 Å². The predicted octanol–water partition coefficient (Wildman–Crippen LogP) is 2.62. The molecule has 0 fully saturated rings. The third kappa shape index (κ3) is 2.79. The molecule has 0 aliphatic heterocycles. The first-order chi connectivity index (χ1) is 9.51. The number of hydrogen-bond donors (Lipinski definition) is 2. The maximum atomic E-state index is 13.7. The van der Waals surface area contributed by atoms with Gasteiger partial charge in [0.2, 0.25) is 11.8 Å². The van der Waals surface area contributed by atoms with Crippen LogP contribution in [0.5, 0.6) is 0 Å². The highest BCUT2D eigenvalue weighted by atomic mass is 19.1. The number of anilines is 3. The van der Waals surface area contributed by atoms with E-state index in [1.807, 2.05) is 0 Å². The first-order valence-corrected chi connectivity index (χ1v) is 5.73. The van der Waals surface area contributed by atoms with Crippen LogP contribution in [-0.2, 0) is 0 Å². The van der Waals surface area contributed by atoms with E-state index >= 15 is 0 Å². The van der Waals surface area contributed by atoms with Crippen LogP contribution in [0, 0.1) is 22.9 Å². The Bertz CT molecular complexity index is 662. The number of aryl methyl sites for hydroxylation is 1. The second-order valence-corrected chi connectivity index (χ2v) is 4.04. The van der Waals surface area contributed by atoms with Crippen molar-refractivity contribution in [2.45, 2.75) is 6.92 Å². The Kier molecular flexibility index (Phi) is 3.74. The summed E-state index contributed by atoms with van der Waals surface area (Å²) in [5, 5.41) is 16.2. The largest absolute Gasteiger partial charge is 0.357 e. The topological polar surface area (TPSA) is 93.0 Å². The molecular weight excluding hydrogens is 265 g/mol. The van der Waals surface area contributed by atoms with Gasteiger partial charge in [0.1, 0.15) is 12.0 Å². The minimum absolute atomic E-state index is 0.0705. The van der Waals surface area contributed by atoms with Crippen LogP contribution in [0.1, 0.15) is 5.56 Å². The first kappa shape index (κ1) is 13.7. The summed E-state index contributed by atoms with van der Waals surface area (Å²) in [7, 11) is 1.58. The lowest BCUT2D eigenvalue weighted by Gasteiger charge is -2.09. The van der Waals surface area contributed by atoms with E-state index in [2.05, 4.69) is 20.6 Å². The number of hydrogen-bond acceptors (Lipinski definition) is 6. The number of nitrogens with one attached hydrogen (secondary N) is 2. The van der Waals surface area contributed by atoms with Crippen LogP contribution in [0.15, 0.2) is 24.4 Å². The third-order valence-corrected chi connectivity index (χ3v) is 2.56. The molecule has 0 aliphatic rings. The van der Waals surface area contributed by atoms with Crippen LogP contribution in [0.3, 0.4) is 0 Å². The Morgan fingerprint density at radius 2 is 2.15 bits per heavy atom. The first-order valence-electron chi connectivity index (χ1n) is 5.73. The molecule has 0 spiro atoms. The lowest BCUT2D eigenvalue weighted by Crippen LogP contribution is -2.05. The highest BCUT2D eigenvalue weighted by molar-refractivity contribution is 5.66. The summed E-state index contributed by atoms with van der Waals surface area (Å²) >= 11 is 0. The van der Waals surface area contributed by atoms with E-state index in [0.717, 1.165) is 11.8 Å². The van der Waals surface area contributed by atoms with Crippen LogP contribution in [0.2, 0.25) is 0 Å². The SMILES string of the molecule is CNc1ncc([N+](=O)[O-])c(Nc2cc(C)ccc2F)n1. The molecule has 2 rings (SSSR count). The zero-order valence-electron chi connectivity index (χ0n) is 10.8. The van der Waals surface area contributed by atoms with Crippen LogP contribution in [-0.4, -0.2) is 21.9 Å². The van der Waals surface area contributed by atoms with Crippen LogP contribution >= 0.6 is 0 Å². The van der Waals surface area contributed by atoms with E-state index in [-0.39, 0.29) is 23.1 Å². The lowest BCUT2D eigenvalue weighted by atomic mass is 10.2. The second-order valence-electron chi connectivity index (χ2n) is 4.04. The van der Waals surface area contributed by atoms with Crippen molar-refractivity contribution in [1.29, 1.82) is 0 Å². The molecule has 7 nitrogen and oxygen atoms in total. The lowest BCUT2D eigenvalue weighted by molar-refractivity contribution is -0.384. The maximum Gasteiger partial charge on any atom is 0.329 e. The van der Waals surface area contributed by atoms with Crippen molar-refractivity contribution in [2.24, 2.45) is 0 Å². The van der Waals surface area contributed by atoms with Crippen molar-refractivity contribution in [2.75, 3.05) is 17.7 Å². The van der Waals surface area contributed by atoms with Crippen molar-refractivity contribution < 1.29 is 9.31 Å². The van der Waals surface area contributed by atoms with Crippen LogP contribution in [0.25, 0.3) is 0 Å². The summed E-state index contributed by atoms with van der Waals surface area (Å²) in [6.45, 7) is 1.79. The predicted molar refractivity (Wildman–Crippen MR) is 72.7 cm³/mol. The quantitative estimate of drug-likeness (QED) is 0.659. The monoisotopic (exact) mass is 277 g/mol. The summed E-state index contributed by atoms with van der Waals surface area (Å²) in [4.78, 5) is 18.0. The number of aromatic nitrogens is 2. The number of nitrogens with zero attached hydrogens (tertiary/aromatic N) is 3. The Labute approximate surface area is 114 Å². The Morgan fingerprint density at radius 3 is 2.80 bits per heavy atom. The van der Waals surface area contributed by atoms with E-state index in [4.69, 9.17) is 0 Å². The Morgan fingerprint density at radius 1 is 1.40 bits per heavy atom. The Balaban J connectivity index is 2.45. The molecule has 0 bridgehead atoms. The highest BCUT2D eigenvalue weighted by Crippen LogP contribution is 2.27. The standard InChI is InChI=1S/C12H12FN5O2/c1-7-3-4-8(13)9(5-7)16-11-10(18(19)20)6-15-12(14-2)17-11/h3-6H,1-2H3,(H2,14,15,16,17). The fourth-order valence-corrected chi connectivity index (χ4v) is 1.58. The van der Waals surface area contributed by atoms with Crippen molar-refractivity contribution in [3.8, 4) is 0 Å². The number of halogens is 1. The zero-order valence-corrected chi connectivity index (χ0v) is 10.8. The minimum Gasteiger partial charge on any atom is -0.357 e. The van der Waals surface area contributed by atoms with Gasteiger partial charge in [-0.2, -0.15) is 4.98 Å². The van der Waals surface area contributed by atoms with Crippen LogP contribution < -0.4 is 10.6 Å². The van der Waals surface area contributed by atoms with Crippen molar-refractivity contribution in [1.82, 2.24) is 9.97 Å². The average Bonchev–Trinajstić information content (AvgIpc) is 2.42. The smallest absolute Gasteiger partial charge is 0.329 e. The van der Waals surface area contributed by atoms with Gasteiger partial charge in [0.05, 0.1) is 10.6 Å². The fourth-order valence-electron chi connectivity index (χ4n) is 1.58. The summed E-state index contributed by atoms with van der Waals surface area (Å²) in [5.74, 6) is -0.389. The molecule has 1 aromatic carbocycles. The molecular formula is C12H12FN5O2. The average molecular weight is 277 g/mol. The van der Waals surface area contributed by atoms with Gasteiger partial charge in [-0.3, -0.25) is 10.1 Å². The molecule has 20 heavy (non-hydrogen) atoms. The summed E-state index contributed by atoms with van der Waals surface area (Å²) < 4.78 is 13.7. The van der Waals surface area contributed by atoms with Gasteiger partial charge in [0.25, 0.3) is 0 Å². The zero-order chi connectivity index (χ0) is 14.7. The summed E-state index contributed by atoms with van der Waals surface area (Å²) in [6, 6.07) is 4.43. The second kappa shape index (κ2) is 5.47. The molecule has 0 saturated carbocycles. The van der Waals surface area contributed by atoms with E-state index in [9.17, 15) is 14.5 Å². The van der Waals surface area contributed by atoms with Gasteiger partial charge in [-0.05, 0) is 24.6 Å². The maximum absolute atomic E-state index is 13.7. The fraction of sp³-hybridized carbons (Fsp3) is 0.167. The van der Waals surface area contributed by atoms with Gasteiger partial charge in [0, 0.05) is 7.05 Å². The summed E-state index contributed by atoms with van der Waals surface area (Å²) in [5.41, 5.74) is 0.609. The molecule has 8 heteroatoms. The normalized spacial score (nSPS) is 10.2. The molecule has 104 valence electrons. The molecule has 2 N–H and O–H groups in total. The molecule has 1 heterocycles. The molecule has 2 aromatic rings. The molecule has 0 aliphatic carbocycles. The van der Waals surface area contributed by atoms with Gasteiger partial charge < -0.3 is 10.6 Å². The van der Waals surface area contributed by atoms with Gasteiger partial charge >= 0.3 is 5.69 Å². The number of rotatable bonds is 4. The van der Waals surface area contributed by atoms with E-state index < -0.39 is 10.7 Å². The molecule has 0 saturated heterocycles. The highest BCUT2D eigenvalue weighted by Gasteiger charge is 2.18. The van der Waals surface area contributed by atoms with Gasteiger partial charge in [-0.25, -0.2) is 9.37 Å². The van der Waals surface area contributed by atoms with Crippen molar-refractivity contribution >= 4 is 23.1 Å². The molecule has 0 atom stereocenters. The van der Waals surface area contributed by atoms with Gasteiger partial charge in [-0.15, -0.1) is 0 Å². The van der Waals surface area contributed by atoms with Crippen molar-refractivity contribution in [3.05, 3.63) is 45.9 Å². The molecule has 0 amide bonds. The molecule has 1 aromatic heterocycles. The van der Waals surface area contributed by atoms with E-state index in [1.54, 1.807) is 26.1 Å². The molecule has 0 unspecified atom stereocenters.